The Balaban J connectivity index is 2.34. The molecule has 28 heavy (non-hydrogen) atoms. The highest BCUT2D eigenvalue weighted by Gasteiger charge is 2.27. The molecule has 152 valence electrons. The number of sulfonamides is 1. The van der Waals surface area contributed by atoms with Gasteiger partial charge >= 0.3 is 0 Å². The van der Waals surface area contributed by atoms with Gasteiger partial charge in [0.1, 0.15) is 6.54 Å². The van der Waals surface area contributed by atoms with Gasteiger partial charge < -0.3 is 10.1 Å². The maximum Gasteiger partial charge on any atom is 0.264 e. The smallest absolute Gasteiger partial charge is 0.264 e. The van der Waals surface area contributed by atoms with Crippen molar-refractivity contribution < 1.29 is 17.9 Å². The van der Waals surface area contributed by atoms with E-state index in [1.54, 1.807) is 19.2 Å². The number of carbonyl (C=O) groups is 1. The molecule has 0 aromatic heterocycles. The summed E-state index contributed by atoms with van der Waals surface area (Å²) in [6.07, 6.45) is 0.649. The predicted octanol–water partition coefficient (Wildman–Crippen LogP) is 3.30. The van der Waals surface area contributed by atoms with E-state index in [0.717, 1.165) is 15.4 Å². The average Bonchev–Trinajstić information content (AvgIpc) is 2.66. The van der Waals surface area contributed by atoms with Crippen LogP contribution in [0.2, 0.25) is 5.02 Å². The van der Waals surface area contributed by atoms with Gasteiger partial charge in [-0.3, -0.25) is 9.10 Å². The van der Waals surface area contributed by atoms with Crippen molar-refractivity contribution in [3.05, 3.63) is 58.6 Å². The van der Waals surface area contributed by atoms with Gasteiger partial charge in [-0.2, -0.15) is 0 Å². The number of hydrogen-bond acceptors (Lipinski definition) is 4. The van der Waals surface area contributed by atoms with Crippen LogP contribution >= 0.6 is 11.6 Å². The zero-order valence-corrected chi connectivity index (χ0v) is 17.8. The van der Waals surface area contributed by atoms with Gasteiger partial charge in [-0.15, -0.1) is 0 Å². The Kier molecular flexibility index (Phi) is 7.86. The Labute approximate surface area is 171 Å². The minimum atomic E-state index is -3.94. The molecule has 0 radical (unpaired) electrons. The zero-order chi connectivity index (χ0) is 20.7. The minimum absolute atomic E-state index is 0.0716. The van der Waals surface area contributed by atoms with Crippen LogP contribution in [0.25, 0.3) is 0 Å². The molecule has 0 saturated heterocycles. The van der Waals surface area contributed by atoms with Gasteiger partial charge in [0.05, 0.1) is 10.6 Å². The Morgan fingerprint density at radius 2 is 1.79 bits per heavy atom. The van der Waals surface area contributed by atoms with Crippen molar-refractivity contribution >= 4 is 33.2 Å². The number of nitrogens with one attached hydrogen (secondary N) is 1. The average molecular weight is 425 g/mol. The molecule has 0 fully saturated rings. The van der Waals surface area contributed by atoms with Crippen molar-refractivity contribution in [2.24, 2.45) is 0 Å². The largest absolute Gasteiger partial charge is 0.385 e. The summed E-state index contributed by atoms with van der Waals surface area (Å²) in [6.45, 7) is 4.45. The highest BCUT2D eigenvalue weighted by molar-refractivity contribution is 7.92. The fraction of sp³-hybridized carbons (Fsp3) is 0.350. The van der Waals surface area contributed by atoms with Gasteiger partial charge in [-0.1, -0.05) is 17.7 Å². The molecule has 0 bridgehead atoms. The molecule has 0 spiro atoms. The number of nitrogens with zero attached hydrogens (tertiary/aromatic N) is 1. The van der Waals surface area contributed by atoms with Crippen LogP contribution in [0.3, 0.4) is 0 Å². The van der Waals surface area contributed by atoms with Crippen LogP contribution in [0.4, 0.5) is 5.69 Å². The summed E-state index contributed by atoms with van der Waals surface area (Å²) >= 11 is 5.88. The maximum atomic E-state index is 13.2. The number of amides is 1. The second kappa shape index (κ2) is 9.91. The van der Waals surface area contributed by atoms with E-state index in [4.69, 9.17) is 16.3 Å². The molecule has 0 saturated carbocycles. The molecule has 2 rings (SSSR count). The van der Waals surface area contributed by atoms with Crippen molar-refractivity contribution in [3.63, 3.8) is 0 Å². The molecule has 2 aromatic rings. The molecule has 0 unspecified atom stereocenters. The Hall–Kier alpha value is -2.09. The molecule has 0 aliphatic heterocycles. The van der Waals surface area contributed by atoms with Crippen molar-refractivity contribution in [1.29, 1.82) is 0 Å². The summed E-state index contributed by atoms with van der Waals surface area (Å²) in [6, 6.07) is 11.2. The molecule has 1 N–H and O–H groups in total. The number of methoxy groups -OCH3 is 1. The van der Waals surface area contributed by atoms with Gasteiger partial charge in [-0.25, -0.2) is 8.42 Å². The normalized spacial score (nSPS) is 11.3. The third-order valence-corrected chi connectivity index (χ3v) is 6.35. The van der Waals surface area contributed by atoms with Crippen molar-refractivity contribution in [2.45, 2.75) is 25.2 Å². The zero-order valence-electron chi connectivity index (χ0n) is 16.2. The quantitative estimate of drug-likeness (QED) is 0.626. The van der Waals surface area contributed by atoms with Gasteiger partial charge in [-0.05, 0) is 67.8 Å². The number of rotatable bonds is 9. The van der Waals surface area contributed by atoms with Crippen LogP contribution < -0.4 is 9.62 Å². The number of anilines is 1. The summed E-state index contributed by atoms with van der Waals surface area (Å²) in [5.74, 6) is -0.383. The molecule has 2 aromatic carbocycles. The van der Waals surface area contributed by atoms with Crippen LogP contribution in [0.1, 0.15) is 17.5 Å². The number of carbonyl (C=O) groups excluding carboxylic acids is 1. The summed E-state index contributed by atoms with van der Waals surface area (Å²) in [5, 5.41) is 3.17. The van der Waals surface area contributed by atoms with Crippen molar-refractivity contribution in [3.8, 4) is 0 Å². The first-order valence-corrected chi connectivity index (χ1v) is 10.7. The van der Waals surface area contributed by atoms with E-state index >= 15 is 0 Å². The van der Waals surface area contributed by atoms with Crippen LogP contribution in [0.5, 0.6) is 0 Å². The maximum absolute atomic E-state index is 13.2. The lowest BCUT2D eigenvalue weighted by atomic mass is 10.1. The van der Waals surface area contributed by atoms with E-state index in [1.807, 2.05) is 19.9 Å². The van der Waals surface area contributed by atoms with Gasteiger partial charge in [0, 0.05) is 25.3 Å². The first kappa shape index (κ1) is 22.2. The second-order valence-electron chi connectivity index (χ2n) is 6.43. The van der Waals surface area contributed by atoms with E-state index in [9.17, 15) is 13.2 Å². The standard InChI is InChI=1S/C20H25ClN2O4S/c1-15-5-8-18(13-16(15)2)23(14-20(24)22-11-4-12-27-3)28(25,26)19-9-6-17(21)7-10-19/h5-10,13H,4,11-12,14H2,1-3H3,(H,22,24). The third kappa shape index (κ3) is 5.70. The molecular weight excluding hydrogens is 400 g/mol. The van der Waals surface area contributed by atoms with Gasteiger partial charge in [0.2, 0.25) is 5.91 Å². The van der Waals surface area contributed by atoms with Crippen molar-refractivity contribution in [2.75, 3.05) is 31.1 Å². The van der Waals surface area contributed by atoms with Crippen LogP contribution in [0.15, 0.2) is 47.4 Å². The van der Waals surface area contributed by atoms with Crippen LogP contribution in [0, 0.1) is 13.8 Å². The molecule has 0 aliphatic carbocycles. The van der Waals surface area contributed by atoms with Crippen LogP contribution in [-0.2, 0) is 19.6 Å². The van der Waals surface area contributed by atoms with Crippen LogP contribution in [-0.4, -0.2) is 41.1 Å². The number of benzene rings is 2. The minimum Gasteiger partial charge on any atom is -0.385 e. The number of ether oxygens (including phenoxy) is 1. The Bertz CT molecular complexity index is 914. The first-order chi connectivity index (χ1) is 13.3. The van der Waals surface area contributed by atoms with E-state index in [1.165, 1.54) is 24.3 Å². The molecule has 0 aliphatic rings. The van der Waals surface area contributed by atoms with Crippen molar-refractivity contribution in [1.82, 2.24) is 5.32 Å². The molecule has 8 heteroatoms. The van der Waals surface area contributed by atoms with Gasteiger partial charge in [0.15, 0.2) is 0 Å². The van der Waals surface area contributed by atoms with E-state index in [-0.39, 0.29) is 17.3 Å². The fourth-order valence-electron chi connectivity index (χ4n) is 2.56. The highest BCUT2D eigenvalue weighted by atomic mass is 35.5. The molecule has 6 nitrogen and oxygen atoms in total. The summed E-state index contributed by atoms with van der Waals surface area (Å²) in [4.78, 5) is 12.5. The lowest BCUT2D eigenvalue weighted by Crippen LogP contribution is -2.41. The lowest BCUT2D eigenvalue weighted by molar-refractivity contribution is -0.119. The number of hydrogen-bond donors (Lipinski definition) is 1. The van der Waals surface area contributed by atoms with E-state index in [0.29, 0.717) is 30.3 Å². The fourth-order valence-corrected chi connectivity index (χ4v) is 4.10. The Morgan fingerprint density at radius 1 is 1.11 bits per heavy atom. The molecule has 0 heterocycles. The Morgan fingerprint density at radius 3 is 2.39 bits per heavy atom. The summed E-state index contributed by atoms with van der Waals surface area (Å²) in [5.41, 5.74) is 2.41. The van der Waals surface area contributed by atoms with Gasteiger partial charge in [0.25, 0.3) is 10.0 Å². The lowest BCUT2D eigenvalue weighted by Gasteiger charge is -2.25. The third-order valence-electron chi connectivity index (χ3n) is 4.31. The summed E-state index contributed by atoms with van der Waals surface area (Å²) in [7, 11) is -2.36. The SMILES string of the molecule is COCCCNC(=O)CN(c1ccc(C)c(C)c1)S(=O)(=O)c1ccc(Cl)cc1. The monoisotopic (exact) mass is 424 g/mol. The molecule has 1 amide bonds. The topological polar surface area (TPSA) is 75.7 Å². The van der Waals surface area contributed by atoms with E-state index < -0.39 is 10.0 Å². The number of aryl methyl sites for hydroxylation is 2. The highest BCUT2D eigenvalue weighted by Crippen LogP contribution is 2.26. The molecule has 0 atom stereocenters. The first-order valence-electron chi connectivity index (χ1n) is 8.87. The van der Waals surface area contributed by atoms with E-state index in [2.05, 4.69) is 5.32 Å². The summed E-state index contributed by atoms with van der Waals surface area (Å²) < 4.78 is 32.5. The number of halogens is 1. The molecular formula is C20H25ClN2O4S. The predicted molar refractivity (Wildman–Crippen MR) is 111 cm³/mol. The second-order valence-corrected chi connectivity index (χ2v) is 8.73.